The highest BCUT2D eigenvalue weighted by Gasteiger charge is 2.10. The van der Waals surface area contributed by atoms with E-state index < -0.39 is 5.97 Å². The number of ether oxygens (including phenoxy) is 1. The normalized spacial score (nSPS) is 9.68. The van der Waals surface area contributed by atoms with Gasteiger partial charge in [0.15, 0.2) is 5.78 Å². The van der Waals surface area contributed by atoms with Crippen LogP contribution in [0, 0.1) is 0 Å². The second-order valence-corrected chi connectivity index (χ2v) is 3.85. The van der Waals surface area contributed by atoms with Gasteiger partial charge < -0.3 is 4.74 Å². The molecule has 0 N–H and O–H groups in total. The van der Waals surface area contributed by atoms with Crippen molar-refractivity contribution in [3.05, 3.63) is 78.4 Å². The van der Waals surface area contributed by atoms with Gasteiger partial charge in [0, 0.05) is 17.2 Å². The van der Waals surface area contributed by atoms with Crippen LogP contribution in [0.3, 0.4) is 0 Å². The third-order valence-electron chi connectivity index (χ3n) is 2.52. The number of benzene rings is 2. The van der Waals surface area contributed by atoms with Crippen molar-refractivity contribution in [2.24, 2.45) is 0 Å². The van der Waals surface area contributed by atoms with E-state index in [1.54, 1.807) is 42.5 Å². The Kier molecular flexibility index (Phi) is 3.88. The largest absolute Gasteiger partial charge is 0.423 e. The van der Waals surface area contributed by atoms with Crippen LogP contribution in [0.4, 0.5) is 0 Å². The van der Waals surface area contributed by atoms with Crippen molar-refractivity contribution < 1.29 is 14.3 Å². The molecule has 94 valence electrons. The summed E-state index contributed by atoms with van der Waals surface area (Å²) in [5, 5.41) is 0. The molecule has 2 aromatic rings. The van der Waals surface area contributed by atoms with E-state index in [-0.39, 0.29) is 5.78 Å². The molecule has 19 heavy (non-hydrogen) atoms. The van der Waals surface area contributed by atoms with E-state index in [0.717, 1.165) is 6.08 Å². The molecule has 0 atom stereocenters. The van der Waals surface area contributed by atoms with Crippen LogP contribution in [0.25, 0.3) is 0 Å². The first-order valence-corrected chi connectivity index (χ1v) is 5.75. The summed E-state index contributed by atoms with van der Waals surface area (Å²) in [7, 11) is 0. The number of carbonyl (C=O) groups excluding carboxylic acids is 2. The highest BCUT2D eigenvalue weighted by molar-refractivity contribution is 6.09. The van der Waals surface area contributed by atoms with Gasteiger partial charge in [-0.05, 0) is 12.1 Å². The number of carbonyl (C=O) groups is 2. The summed E-state index contributed by atoms with van der Waals surface area (Å²) in [5.74, 6) is -0.340. The van der Waals surface area contributed by atoms with Gasteiger partial charge in [-0.3, -0.25) is 4.79 Å². The predicted octanol–water partition coefficient (Wildman–Crippen LogP) is 3.01. The second kappa shape index (κ2) is 5.78. The van der Waals surface area contributed by atoms with Gasteiger partial charge in [0.2, 0.25) is 0 Å². The molecule has 0 aromatic heterocycles. The summed E-state index contributed by atoms with van der Waals surface area (Å²) >= 11 is 0. The van der Waals surface area contributed by atoms with Crippen molar-refractivity contribution in [1.29, 1.82) is 0 Å². The standard InChI is InChI=1S/C16H12O3/c1-2-15(17)19-14-10-6-9-13(11-14)16(18)12-7-4-3-5-8-12/h2-11H,1H2. The van der Waals surface area contributed by atoms with Crippen molar-refractivity contribution in [3.8, 4) is 5.75 Å². The molecule has 0 aliphatic heterocycles. The molecule has 0 spiro atoms. The molecule has 0 heterocycles. The second-order valence-electron chi connectivity index (χ2n) is 3.85. The predicted molar refractivity (Wildman–Crippen MR) is 72.1 cm³/mol. The van der Waals surface area contributed by atoms with E-state index in [4.69, 9.17) is 4.74 Å². The molecule has 3 heteroatoms. The number of ketones is 1. The van der Waals surface area contributed by atoms with Crippen molar-refractivity contribution in [1.82, 2.24) is 0 Å². The summed E-state index contributed by atoms with van der Waals surface area (Å²) in [6.07, 6.45) is 1.08. The summed E-state index contributed by atoms with van der Waals surface area (Å²) < 4.78 is 4.98. The van der Waals surface area contributed by atoms with Crippen LogP contribution in [-0.4, -0.2) is 11.8 Å². The molecule has 0 radical (unpaired) electrons. The first-order valence-electron chi connectivity index (χ1n) is 5.75. The van der Waals surface area contributed by atoms with Crippen LogP contribution in [0.1, 0.15) is 15.9 Å². The van der Waals surface area contributed by atoms with Crippen LogP contribution < -0.4 is 4.74 Å². The first kappa shape index (κ1) is 12.8. The smallest absolute Gasteiger partial charge is 0.335 e. The zero-order valence-corrected chi connectivity index (χ0v) is 10.2. The topological polar surface area (TPSA) is 43.4 Å². The monoisotopic (exact) mass is 252 g/mol. The van der Waals surface area contributed by atoms with Gasteiger partial charge in [0.1, 0.15) is 5.75 Å². The third kappa shape index (κ3) is 3.16. The van der Waals surface area contributed by atoms with Gasteiger partial charge in [0.05, 0.1) is 0 Å². The van der Waals surface area contributed by atoms with Crippen molar-refractivity contribution in [2.75, 3.05) is 0 Å². The number of hydrogen-bond donors (Lipinski definition) is 0. The number of rotatable bonds is 4. The van der Waals surface area contributed by atoms with E-state index in [2.05, 4.69) is 6.58 Å². The van der Waals surface area contributed by atoms with E-state index in [1.165, 1.54) is 6.07 Å². The van der Waals surface area contributed by atoms with Crippen LogP contribution in [0.2, 0.25) is 0 Å². The Labute approximate surface area is 111 Å². The Morgan fingerprint density at radius 2 is 1.63 bits per heavy atom. The zero-order valence-electron chi connectivity index (χ0n) is 10.2. The molecule has 2 aromatic carbocycles. The SMILES string of the molecule is C=CC(=O)Oc1cccc(C(=O)c2ccccc2)c1. The summed E-state index contributed by atoms with van der Waals surface area (Å²) in [4.78, 5) is 23.3. The molecule has 2 rings (SSSR count). The maximum atomic E-state index is 12.2. The minimum atomic E-state index is -0.552. The van der Waals surface area contributed by atoms with Gasteiger partial charge in [-0.25, -0.2) is 4.79 Å². The Bertz CT molecular complexity index is 615. The van der Waals surface area contributed by atoms with Gasteiger partial charge in [0.25, 0.3) is 0 Å². The lowest BCUT2D eigenvalue weighted by Crippen LogP contribution is -2.05. The molecule has 0 bridgehead atoms. The molecule has 0 aliphatic carbocycles. The Morgan fingerprint density at radius 3 is 2.32 bits per heavy atom. The highest BCUT2D eigenvalue weighted by Crippen LogP contribution is 2.17. The average molecular weight is 252 g/mol. The zero-order chi connectivity index (χ0) is 13.7. The minimum absolute atomic E-state index is 0.114. The quantitative estimate of drug-likeness (QED) is 0.363. The lowest BCUT2D eigenvalue weighted by molar-refractivity contribution is -0.128. The molecule has 0 aliphatic rings. The van der Waals surface area contributed by atoms with E-state index in [9.17, 15) is 9.59 Å². The summed E-state index contributed by atoms with van der Waals surface area (Å²) in [5.41, 5.74) is 1.07. The Hall–Kier alpha value is -2.68. The van der Waals surface area contributed by atoms with E-state index in [0.29, 0.717) is 16.9 Å². The van der Waals surface area contributed by atoms with Gasteiger partial charge in [-0.15, -0.1) is 0 Å². The third-order valence-corrected chi connectivity index (χ3v) is 2.52. The van der Waals surface area contributed by atoms with Crippen LogP contribution >= 0.6 is 0 Å². The average Bonchev–Trinajstić information content (AvgIpc) is 2.47. The fraction of sp³-hybridized carbons (Fsp3) is 0. The molecule has 0 unspecified atom stereocenters. The Morgan fingerprint density at radius 1 is 0.947 bits per heavy atom. The lowest BCUT2D eigenvalue weighted by atomic mass is 10.0. The van der Waals surface area contributed by atoms with Crippen LogP contribution in [0.15, 0.2) is 67.3 Å². The van der Waals surface area contributed by atoms with Crippen molar-refractivity contribution >= 4 is 11.8 Å². The minimum Gasteiger partial charge on any atom is -0.423 e. The molecule has 3 nitrogen and oxygen atoms in total. The highest BCUT2D eigenvalue weighted by atomic mass is 16.5. The maximum Gasteiger partial charge on any atom is 0.335 e. The van der Waals surface area contributed by atoms with Crippen molar-refractivity contribution in [3.63, 3.8) is 0 Å². The van der Waals surface area contributed by atoms with Crippen molar-refractivity contribution in [2.45, 2.75) is 0 Å². The molecule has 0 saturated heterocycles. The van der Waals surface area contributed by atoms with Gasteiger partial charge >= 0.3 is 5.97 Å². The lowest BCUT2D eigenvalue weighted by Gasteiger charge is -2.04. The molecular formula is C16H12O3. The van der Waals surface area contributed by atoms with Gasteiger partial charge in [-0.2, -0.15) is 0 Å². The van der Waals surface area contributed by atoms with E-state index >= 15 is 0 Å². The number of hydrogen-bond acceptors (Lipinski definition) is 3. The summed E-state index contributed by atoms with van der Waals surface area (Å²) in [6, 6.07) is 15.4. The molecule has 0 fully saturated rings. The van der Waals surface area contributed by atoms with Gasteiger partial charge in [-0.1, -0.05) is 49.0 Å². The molecule has 0 saturated carbocycles. The summed E-state index contributed by atoms with van der Waals surface area (Å²) in [6.45, 7) is 3.32. The Balaban J connectivity index is 2.26. The van der Waals surface area contributed by atoms with Crippen LogP contribution in [-0.2, 0) is 4.79 Å². The fourth-order valence-electron chi connectivity index (χ4n) is 1.61. The van der Waals surface area contributed by atoms with E-state index in [1.807, 2.05) is 6.07 Å². The maximum absolute atomic E-state index is 12.2. The first-order chi connectivity index (χ1) is 9.20. The molecular weight excluding hydrogens is 240 g/mol. The molecule has 0 amide bonds. The number of esters is 1. The van der Waals surface area contributed by atoms with Crippen LogP contribution in [0.5, 0.6) is 5.75 Å². The fourth-order valence-corrected chi connectivity index (χ4v) is 1.61.